The van der Waals surface area contributed by atoms with Crippen molar-refractivity contribution in [2.24, 2.45) is 0 Å². The number of carbonyl (C=O) groups is 1. The molecule has 0 bridgehead atoms. The Morgan fingerprint density at radius 2 is 2.00 bits per heavy atom. The van der Waals surface area contributed by atoms with Crippen LogP contribution in [-0.4, -0.2) is 11.9 Å². The summed E-state index contributed by atoms with van der Waals surface area (Å²) < 4.78 is 0.768. The predicted octanol–water partition coefficient (Wildman–Crippen LogP) is 3.76. The van der Waals surface area contributed by atoms with E-state index < -0.39 is 0 Å². The van der Waals surface area contributed by atoms with E-state index in [9.17, 15) is 4.79 Å². The Kier molecular flexibility index (Phi) is 4.29. The van der Waals surface area contributed by atoms with Gasteiger partial charge in [0.15, 0.2) is 0 Å². The molecule has 0 aliphatic carbocycles. The van der Waals surface area contributed by atoms with Crippen molar-refractivity contribution in [1.29, 1.82) is 0 Å². The maximum absolute atomic E-state index is 12.4. The molecule has 0 fully saturated rings. The maximum atomic E-state index is 12.4. The third-order valence-electron chi connectivity index (χ3n) is 3.58. The van der Waals surface area contributed by atoms with E-state index in [1.807, 2.05) is 12.1 Å². The zero-order chi connectivity index (χ0) is 14.8. The number of fused-ring (bicyclic) bond motifs is 1. The third kappa shape index (κ3) is 3.28. The molecular formula is C16H14BrClN2O. The van der Waals surface area contributed by atoms with Gasteiger partial charge in [-0.25, -0.2) is 0 Å². The minimum Gasteiger partial charge on any atom is -0.325 e. The van der Waals surface area contributed by atoms with E-state index in [0.717, 1.165) is 16.7 Å². The Morgan fingerprint density at radius 3 is 2.76 bits per heavy atom. The van der Waals surface area contributed by atoms with Crippen LogP contribution in [-0.2, 0) is 17.8 Å². The second-order valence-electron chi connectivity index (χ2n) is 5.02. The van der Waals surface area contributed by atoms with E-state index in [0.29, 0.717) is 11.4 Å². The number of hydrogen-bond donors (Lipinski definition) is 2. The molecule has 21 heavy (non-hydrogen) atoms. The smallest absolute Gasteiger partial charge is 0.241 e. The van der Waals surface area contributed by atoms with Gasteiger partial charge in [-0.2, -0.15) is 0 Å². The van der Waals surface area contributed by atoms with E-state index in [4.69, 9.17) is 11.6 Å². The van der Waals surface area contributed by atoms with Crippen molar-refractivity contribution >= 4 is 39.1 Å². The highest BCUT2D eigenvalue weighted by Gasteiger charge is 2.23. The lowest BCUT2D eigenvalue weighted by Gasteiger charge is -2.25. The van der Waals surface area contributed by atoms with Gasteiger partial charge in [0.2, 0.25) is 5.91 Å². The van der Waals surface area contributed by atoms with Crippen molar-refractivity contribution in [3.63, 3.8) is 0 Å². The average molecular weight is 366 g/mol. The first-order valence-electron chi connectivity index (χ1n) is 6.69. The van der Waals surface area contributed by atoms with Crippen LogP contribution in [0.1, 0.15) is 11.1 Å². The van der Waals surface area contributed by atoms with Crippen LogP contribution in [0.4, 0.5) is 5.69 Å². The van der Waals surface area contributed by atoms with E-state index in [1.165, 1.54) is 11.1 Å². The first kappa shape index (κ1) is 14.6. The van der Waals surface area contributed by atoms with Gasteiger partial charge in [0.05, 0.1) is 11.1 Å². The van der Waals surface area contributed by atoms with Crippen LogP contribution in [0.3, 0.4) is 0 Å². The van der Waals surface area contributed by atoms with Gasteiger partial charge in [0.25, 0.3) is 0 Å². The van der Waals surface area contributed by atoms with Gasteiger partial charge >= 0.3 is 0 Å². The summed E-state index contributed by atoms with van der Waals surface area (Å²) in [7, 11) is 0. The molecule has 3 nitrogen and oxygen atoms in total. The van der Waals surface area contributed by atoms with Gasteiger partial charge in [0, 0.05) is 16.7 Å². The molecule has 3 rings (SSSR count). The van der Waals surface area contributed by atoms with Gasteiger partial charge < -0.3 is 10.6 Å². The normalized spacial score (nSPS) is 17.1. The van der Waals surface area contributed by atoms with Crippen LogP contribution < -0.4 is 10.6 Å². The zero-order valence-corrected chi connectivity index (χ0v) is 13.5. The van der Waals surface area contributed by atoms with Crippen molar-refractivity contribution in [3.05, 3.63) is 63.1 Å². The Bertz CT molecular complexity index is 690. The molecule has 0 unspecified atom stereocenters. The fourth-order valence-electron chi connectivity index (χ4n) is 2.44. The van der Waals surface area contributed by atoms with E-state index in [-0.39, 0.29) is 11.9 Å². The summed E-state index contributed by atoms with van der Waals surface area (Å²) >= 11 is 9.30. The van der Waals surface area contributed by atoms with Crippen LogP contribution in [0, 0.1) is 0 Å². The molecule has 2 aromatic rings. The summed E-state index contributed by atoms with van der Waals surface area (Å²) in [6, 6.07) is 13.3. The number of hydrogen-bond acceptors (Lipinski definition) is 2. The number of amides is 1. The van der Waals surface area contributed by atoms with Crippen LogP contribution >= 0.6 is 27.5 Å². The molecular weight excluding hydrogens is 352 g/mol. The fraction of sp³-hybridized carbons (Fsp3) is 0.188. The van der Waals surface area contributed by atoms with Crippen molar-refractivity contribution < 1.29 is 4.79 Å². The van der Waals surface area contributed by atoms with Crippen LogP contribution in [0.2, 0.25) is 5.02 Å². The highest BCUT2D eigenvalue weighted by atomic mass is 79.9. The molecule has 0 saturated carbocycles. The van der Waals surface area contributed by atoms with Crippen molar-refractivity contribution in [2.75, 3.05) is 5.32 Å². The molecule has 5 heteroatoms. The first-order chi connectivity index (χ1) is 10.1. The Labute approximate surface area is 136 Å². The fourth-order valence-corrected chi connectivity index (χ4v) is 2.94. The molecule has 2 N–H and O–H groups in total. The van der Waals surface area contributed by atoms with Gasteiger partial charge in [-0.15, -0.1) is 0 Å². The maximum Gasteiger partial charge on any atom is 0.241 e. The molecule has 2 aromatic carbocycles. The molecule has 0 spiro atoms. The lowest BCUT2D eigenvalue weighted by atomic mass is 9.95. The Hall–Kier alpha value is -1.36. The monoisotopic (exact) mass is 364 g/mol. The Balaban J connectivity index is 1.70. The van der Waals surface area contributed by atoms with E-state index in [1.54, 1.807) is 18.2 Å². The van der Waals surface area contributed by atoms with Crippen LogP contribution in [0.5, 0.6) is 0 Å². The summed E-state index contributed by atoms with van der Waals surface area (Å²) in [4.78, 5) is 12.4. The molecule has 108 valence electrons. The largest absolute Gasteiger partial charge is 0.325 e. The zero-order valence-electron chi connectivity index (χ0n) is 11.2. The summed E-state index contributed by atoms with van der Waals surface area (Å²) in [5.74, 6) is -0.0290. The SMILES string of the molecule is O=C(Nc1ccc(Cl)c(Br)c1)[C@@H]1Cc2ccccc2CN1. The molecule has 0 radical (unpaired) electrons. The average Bonchev–Trinajstić information content (AvgIpc) is 2.50. The molecule has 0 aromatic heterocycles. The van der Waals surface area contributed by atoms with Crippen LogP contribution in [0.25, 0.3) is 0 Å². The quantitative estimate of drug-likeness (QED) is 0.851. The highest BCUT2D eigenvalue weighted by Crippen LogP contribution is 2.26. The number of halogens is 2. The van der Waals surface area contributed by atoms with Gasteiger partial charge in [-0.05, 0) is 51.7 Å². The van der Waals surface area contributed by atoms with Crippen molar-refractivity contribution in [1.82, 2.24) is 5.32 Å². The third-order valence-corrected chi connectivity index (χ3v) is 4.80. The number of anilines is 1. The Morgan fingerprint density at radius 1 is 1.24 bits per heavy atom. The lowest BCUT2D eigenvalue weighted by molar-refractivity contribution is -0.118. The summed E-state index contributed by atoms with van der Waals surface area (Å²) in [5, 5.41) is 6.81. The van der Waals surface area contributed by atoms with Gasteiger partial charge in [-0.3, -0.25) is 4.79 Å². The predicted molar refractivity (Wildman–Crippen MR) is 88.6 cm³/mol. The van der Waals surface area contributed by atoms with E-state index >= 15 is 0 Å². The molecule has 1 atom stereocenters. The first-order valence-corrected chi connectivity index (χ1v) is 7.86. The highest BCUT2D eigenvalue weighted by molar-refractivity contribution is 9.10. The standard InChI is InChI=1S/C16H14BrClN2O/c17-13-8-12(5-6-14(13)18)20-16(21)15-7-10-3-1-2-4-11(10)9-19-15/h1-6,8,15,19H,7,9H2,(H,20,21)/t15-/m0/s1. The second-order valence-corrected chi connectivity index (χ2v) is 6.29. The van der Waals surface area contributed by atoms with Gasteiger partial charge in [-0.1, -0.05) is 35.9 Å². The summed E-state index contributed by atoms with van der Waals surface area (Å²) in [6.45, 7) is 0.721. The summed E-state index contributed by atoms with van der Waals surface area (Å²) in [5.41, 5.74) is 3.22. The number of benzene rings is 2. The summed E-state index contributed by atoms with van der Waals surface area (Å²) in [6.07, 6.45) is 0.705. The number of nitrogens with one attached hydrogen (secondary N) is 2. The lowest BCUT2D eigenvalue weighted by Crippen LogP contribution is -2.44. The second kappa shape index (κ2) is 6.18. The minimum atomic E-state index is -0.214. The van der Waals surface area contributed by atoms with Gasteiger partial charge in [0.1, 0.15) is 0 Å². The number of rotatable bonds is 2. The minimum absolute atomic E-state index is 0.0290. The number of carbonyl (C=O) groups excluding carboxylic acids is 1. The molecule has 1 heterocycles. The van der Waals surface area contributed by atoms with Crippen LogP contribution in [0.15, 0.2) is 46.9 Å². The van der Waals surface area contributed by atoms with Crippen molar-refractivity contribution in [2.45, 2.75) is 19.0 Å². The van der Waals surface area contributed by atoms with E-state index in [2.05, 4.69) is 38.7 Å². The molecule has 1 aliphatic rings. The molecule has 1 aliphatic heterocycles. The molecule has 0 saturated heterocycles. The molecule has 1 amide bonds. The van der Waals surface area contributed by atoms with Crippen molar-refractivity contribution in [3.8, 4) is 0 Å². The topological polar surface area (TPSA) is 41.1 Å².